The van der Waals surface area contributed by atoms with Crippen LogP contribution in [-0.4, -0.2) is 49.4 Å². The number of likely N-dealkylation sites (tertiary alicyclic amines) is 1. The molecule has 4 heterocycles. The largest absolute Gasteiger partial charge is 0.486 e. The highest BCUT2D eigenvalue weighted by molar-refractivity contribution is 5.76. The number of piperidine rings is 1. The number of imidazole rings is 1. The fourth-order valence-corrected chi connectivity index (χ4v) is 4.47. The summed E-state index contributed by atoms with van der Waals surface area (Å²) in [6.07, 6.45) is 10.1. The Morgan fingerprint density at radius 3 is 2.68 bits per heavy atom. The molecular weight excluding hydrogens is 477 g/mol. The van der Waals surface area contributed by atoms with Crippen LogP contribution in [0.15, 0.2) is 52.1 Å². The summed E-state index contributed by atoms with van der Waals surface area (Å²) in [6.45, 7) is 3.97. The van der Waals surface area contributed by atoms with Gasteiger partial charge in [-0.25, -0.2) is 18.8 Å². The molecule has 0 saturated carbocycles. The number of ether oxygens (including phenoxy) is 1. The number of hydrogen-bond acceptors (Lipinski definition) is 6. The zero-order valence-corrected chi connectivity index (χ0v) is 20.9. The molecule has 5 rings (SSSR count). The molecule has 1 fully saturated rings. The quantitative estimate of drug-likeness (QED) is 0.317. The molecule has 37 heavy (non-hydrogen) atoms. The minimum absolute atomic E-state index is 0.00502. The zero-order valence-electron chi connectivity index (χ0n) is 20.9. The Bertz CT molecular complexity index is 1430. The first kappa shape index (κ1) is 24.7. The molecule has 1 amide bonds. The van der Waals surface area contributed by atoms with Crippen molar-refractivity contribution in [3.63, 3.8) is 0 Å². The summed E-state index contributed by atoms with van der Waals surface area (Å²) in [4.78, 5) is 37.3. The monoisotopic (exact) mass is 507 g/mol. The summed E-state index contributed by atoms with van der Waals surface area (Å²) in [5.74, 6) is 0.745. The highest BCUT2D eigenvalue weighted by Crippen LogP contribution is 2.27. The molecule has 1 aliphatic heterocycles. The fraction of sp³-hybridized carbons (Fsp3) is 0.407. The summed E-state index contributed by atoms with van der Waals surface area (Å²) in [6, 6.07) is 6.14. The van der Waals surface area contributed by atoms with Crippen molar-refractivity contribution in [3.8, 4) is 17.3 Å². The molecule has 9 nitrogen and oxygen atoms in total. The molecule has 1 aromatic carbocycles. The molecule has 10 heteroatoms. The van der Waals surface area contributed by atoms with Crippen LogP contribution in [0.3, 0.4) is 0 Å². The van der Waals surface area contributed by atoms with Crippen LogP contribution in [-0.2, 0) is 17.8 Å². The van der Waals surface area contributed by atoms with Gasteiger partial charge in [0.2, 0.25) is 23.3 Å². The molecule has 0 spiro atoms. The van der Waals surface area contributed by atoms with Gasteiger partial charge in [-0.2, -0.15) is 0 Å². The van der Waals surface area contributed by atoms with Crippen molar-refractivity contribution in [1.29, 1.82) is 0 Å². The Balaban J connectivity index is 1.49. The van der Waals surface area contributed by atoms with Crippen molar-refractivity contribution in [1.82, 2.24) is 23.8 Å². The topological polar surface area (TPSA) is 94.9 Å². The number of benzene rings is 1. The van der Waals surface area contributed by atoms with Crippen LogP contribution in [0.1, 0.15) is 50.4 Å². The lowest BCUT2D eigenvalue weighted by molar-refractivity contribution is -0.132. The van der Waals surface area contributed by atoms with E-state index in [1.165, 1.54) is 16.5 Å². The second kappa shape index (κ2) is 11.0. The molecule has 0 bridgehead atoms. The van der Waals surface area contributed by atoms with Crippen LogP contribution in [0.25, 0.3) is 17.4 Å². The number of amides is 1. The van der Waals surface area contributed by atoms with Crippen molar-refractivity contribution >= 4 is 11.7 Å². The lowest BCUT2D eigenvalue weighted by Gasteiger charge is -2.26. The van der Waals surface area contributed by atoms with Crippen LogP contribution in [0, 0.1) is 5.82 Å². The van der Waals surface area contributed by atoms with Gasteiger partial charge in [0.1, 0.15) is 18.1 Å². The normalized spacial score (nSPS) is 13.8. The number of halogens is 1. The second-order valence-electron chi connectivity index (χ2n) is 9.27. The van der Waals surface area contributed by atoms with Gasteiger partial charge in [-0.15, -0.1) is 0 Å². The predicted molar refractivity (Wildman–Crippen MR) is 135 cm³/mol. The number of aromatic nitrogens is 4. The third kappa shape index (κ3) is 5.42. The summed E-state index contributed by atoms with van der Waals surface area (Å²) < 4.78 is 28.2. The van der Waals surface area contributed by atoms with Crippen molar-refractivity contribution < 1.29 is 18.3 Å². The first-order valence-electron chi connectivity index (χ1n) is 12.7. The minimum Gasteiger partial charge on any atom is -0.486 e. The molecule has 0 N–H and O–H groups in total. The highest BCUT2D eigenvalue weighted by atomic mass is 19.1. The average molecular weight is 508 g/mol. The maximum atomic E-state index is 13.4. The first-order valence-corrected chi connectivity index (χ1v) is 12.7. The van der Waals surface area contributed by atoms with Crippen molar-refractivity contribution in [2.75, 3.05) is 19.7 Å². The summed E-state index contributed by atoms with van der Waals surface area (Å²) in [7, 11) is 0. The van der Waals surface area contributed by atoms with Gasteiger partial charge in [0.15, 0.2) is 5.69 Å². The van der Waals surface area contributed by atoms with Crippen molar-refractivity contribution in [2.45, 2.75) is 52.0 Å². The molecule has 3 aromatic heterocycles. The Kier molecular flexibility index (Phi) is 7.34. The Morgan fingerprint density at radius 2 is 1.92 bits per heavy atom. The van der Waals surface area contributed by atoms with Gasteiger partial charge in [0, 0.05) is 31.9 Å². The number of carbonyl (C=O) groups is 1. The van der Waals surface area contributed by atoms with E-state index in [0.29, 0.717) is 24.6 Å². The smallest absolute Gasteiger partial charge is 0.302 e. The number of carbonyl (C=O) groups excluding carboxylic acids is 1. The van der Waals surface area contributed by atoms with E-state index in [4.69, 9.17) is 14.1 Å². The molecule has 0 atom stereocenters. The van der Waals surface area contributed by atoms with Crippen LogP contribution in [0.5, 0.6) is 5.75 Å². The van der Waals surface area contributed by atoms with E-state index in [1.807, 2.05) is 11.8 Å². The van der Waals surface area contributed by atoms with Gasteiger partial charge >= 0.3 is 5.56 Å². The molecule has 194 valence electrons. The van der Waals surface area contributed by atoms with E-state index in [1.54, 1.807) is 35.3 Å². The van der Waals surface area contributed by atoms with Gasteiger partial charge in [-0.05, 0) is 43.4 Å². The molecule has 0 radical (unpaired) electrons. The standard InChI is InChI=1S/C27H30FN5O4/c1-2-3-15-36-24-23(25-29-17-21(37-25)16-19-7-9-20(28)10-8-19)30-27-32(13-14-33(27)26(24)35)18-22(34)31-11-5-4-6-12-31/h7-10,13-14,17H,2-6,11-12,15-16,18H2,1H3. The predicted octanol–water partition coefficient (Wildman–Crippen LogP) is 4.07. The SMILES string of the molecule is CCCCOc1c(-c2ncc(Cc3ccc(F)cc3)o2)nc2n(CC(=O)N3CCCCC3)ccn2c1=O. The van der Waals surface area contributed by atoms with E-state index < -0.39 is 5.56 Å². The van der Waals surface area contributed by atoms with Crippen LogP contribution in [0.4, 0.5) is 4.39 Å². The molecule has 0 unspecified atom stereocenters. The van der Waals surface area contributed by atoms with Gasteiger partial charge in [0.25, 0.3) is 0 Å². The number of rotatable bonds is 9. The number of hydrogen-bond donors (Lipinski definition) is 0. The Labute approximate surface area is 213 Å². The minimum atomic E-state index is -0.390. The molecule has 4 aromatic rings. The fourth-order valence-electron chi connectivity index (χ4n) is 4.47. The lowest BCUT2D eigenvalue weighted by Crippen LogP contribution is -2.37. The van der Waals surface area contributed by atoms with Crippen molar-refractivity contribution in [3.05, 3.63) is 70.4 Å². The summed E-state index contributed by atoms with van der Waals surface area (Å²) in [5.41, 5.74) is 0.660. The maximum absolute atomic E-state index is 13.4. The lowest BCUT2D eigenvalue weighted by atomic mass is 10.1. The first-order chi connectivity index (χ1) is 18.0. The van der Waals surface area contributed by atoms with E-state index in [-0.39, 0.29) is 35.6 Å². The average Bonchev–Trinajstić information content (AvgIpc) is 3.54. The Morgan fingerprint density at radius 1 is 1.14 bits per heavy atom. The van der Waals surface area contributed by atoms with Crippen molar-refractivity contribution in [2.24, 2.45) is 0 Å². The van der Waals surface area contributed by atoms with E-state index >= 15 is 0 Å². The number of oxazole rings is 1. The molecule has 1 saturated heterocycles. The Hall–Kier alpha value is -3.95. The van der Waals surface area contributed by atoms with Gasteiger partial charge in [-0.1, -0.05) is 25.5 Å². The van der Waals surface area contributed by atoms with Crippen LogP contribution < -0.4 is 10.3 Å². The third-order valence-electron chi connectivity index (χ3n) is 6.51. The van der Waals surface area contributed by atoms with Gasteiger partial charge in [0.05, 0.1) is 12.8 Å². The third-order valence-corrected chi connectivity index (χ3v) is 6.51. The summed E-state index contributed by atoms with van der Waals surface area (Å²) >= 11 is 0. The van der Waals surface area contributed by atoms with E-state index in [2.05, 4.69) is 4.98 Å². The van der Waals surface area contributed by atoms with Crippen LogP contribution >= 0.6 is 0 Å². The number of nitrogens with zero attached hydrogens (tertiary/aromatic N) is 5. The van der Waals surface area contributed by atoms with Crippen LogP contribution in [0.2, 0.25) is 0 Å². The second-order valence-corrected chi connectivity index (χ2v) is 9.27. The van der Waals surface area contributed by atoms with Gasteiger partial charge < -0.3 is 18.6 Å². The summed E-state index contributed by atoms with van der Waals surface area (Å²) in [5, 5.41) is 0. The number of unbranched alkanes of at least 4 members (excludes halogenated alkanes) is 1. The molecular formula is C27H30FN5O4. The molecule has 1 aliphatic rings. The van der Waals surface area contributed by atoms with E-state index in [0.717, 1.165) is 50.8 Å². The zero-order chi connectivity index (χ0) is 25.8. The van der Waals surface area contributed by atoms with Gasteiger partial charge in [-0.3, -0.25) is 9.59 Å². The molecule has 0 aliphatic carbocycles. The number of fused-ring (bicyclic) bond motifs is 1. The van der Waals surface area contributed by atoms with E-state index in [9.17, 15) is 14.0 Å². The highest BCUT2D eigenvalue weighted by Gasteiger charge is 2.24. The maximum Gasteiger partial charge on any atom is 0.302 e.